The second-order valence-electron chi connectivity index (χ2n) is 3.24. The zero-order valence-corrected chi connectivity index (χ0v) is 9.77. The molecule has 1 saturated carbocycles. The van der Waals surface area contributed by atoms with Crippen LogP contribution in [0, 0.1) is 0 Å². The smallest absolute Gasteiger partial charge is 0.191 e. The molecule has 0 bridgehead atoms. The highest BCUT2D eigenvalue weighted by molar-refractivity contribution is 7.98. The van der Waals surface area contributed by atoms with E-state index in [1.807, 2.05) is 6.26 Å². The highest BCUT2D eigenvalue weighted by Crippen LogP contribution is 2.38. The molecule has 14 heavy (non-hydrogen) atoms. The molecule has 4 nitrogen and oxygen atoms in total. The number of nitrogens with zero attached hydrogens (tertiary/aromatic N) is 3. The molecule has 1 aromatic heterocycles. The minimum atomic E-state index is 0. The van der Waals surface area contributed by atoms with E-state index in [2.05, 4.69) is 14.8 Å². The SMILES string of the molecule is CSc1nnc(CCN)n1C1CC1.Cl. The van der Waals surface area contributed by atoms with Crippen LogP contribution < -0.4 is 5.73 Å². The van der Waals surface area contributed by atoms with Gasteiger partial charge in [0.25, 0.3) is 0 Å². The Hall–Kier alpha value is -0.260. The first kappa shape index (κ1) is 11.8. The van der Waals surface area contributed by atoms with Crippen molar-refractivity contribution in [1.29, 1.82) is 0 Å². The lowest BCUT2D eigenvalue weighted by atomic mass is 10.4. The maximum atomic E-state index is 5.51. The fraction of sp³-hybridized carbons (Fsp3) is 0.750. The van der Waals surface area contributed by atoms with Crippen LogP contribution in [0.1, 0.15) is 24.7 Å². The van der Waals surface area contributed by atoms with Gasteiger partial charge < -0.3 is 10.3 Å². The highest BCUT2D eigenvalue weighted by Gasteiger charge is 2.28. The first-order valence-corrected chi connectivity index (χ1v) is 5.77. The summed E-state index contributed by atoms with van der Waals surface area (Å²) in [5.41, 5.74) is 5.51. The Morgan fingerprint density at radius 2 is 2.21 bits per heavy atom. The predicted molar refractivity (Wildman–Crippen MR) is 60.1 cm³/mol. The molecular formula is C8H15ClN4S. The maximum absolute atomic E-state index is 5.51. The molecule has 1 aromatic rings. The Balaban J connectivity index is 0.000000980. The van der Waals surface area contributed by atoms with Gasteiger partial charge in [-0.2, -0.15) is 0 Å². The van der Waals surface area contributed by atoms with Gasteiger partial charge in [-0.05, 0) is 25.6 Å². The van der Waals surface area contributed by atoms with Crippen LogP contribution in [0.25, 0.3) is 0 Å². The molecule has 0 atom stereocenters. The predicted octanol–water partition coefficient (Wildman–Crippen LogP) is 1.26. The summed E-state index contributed by atoms with van der Waals surface area (Å²) < 4.78 is 2.25. The van der Waals surface area contributed by atoms with E-state index in [0.717, 1.165) is 17.4 Å². The Bertz CT molecular complexity index is 298. The summed E-state index contributed by atoms with van der Waals surface area (Å²) in [4.78, 5) is 0. The van der Waals surface area contributed by atoms with Crippen molar-refractivity contribution < 1.29 is 0 Å². The molecule has 0 aliphatic heterocycles. The number of halogens is 1. The summed E-state index contributed by atoms with van der Waals surface area (Å²) in [5.74, 6) is 1.05. The zero-order chi connectivity index (χ0) is 9.26. The van der Waals surface area contributed by atoms with Gasteiger partial charge in [0.05, 0.1) is 0 Å². The molecule has 0 saturated heterocycles. The third-order valence-electron chi connectivity index (χ3n) is 2.20. The van der Waals surface area contributed by atoms with Gasteiger partial charge in [0, 0.05) is 12.5 Å². The lowest BCUT2D eigenvalue weighted by Crippen LogP contribution is -2.09. The average molecular weight is 235 g/mol. The molecule has 80 valence electrons. The largest absolute Gasteiger partial charge is 0.330 e. The number of thioether (sulfide) groups is 1. The third kappa shape index (κ3) is 2.21. The second kappa shape index (κ2) is 5.00. The first-order valence-electron chi connectivity index (χ1n) is 4.54. The molecule has 1 heterocycles. The highest BCUT2D eigenvalue weighted by atomic mass is 35.5. The van der Waals surface area contributed by atoms with Gasteiger partial charge >= 0.3 is 0 Å². The van der Waals surface area contributed by atoms with Crippen LogP contribution in [0.3, 0.4) is 0 Å². The number of aromatic nitrogens is 3. The van der Waals surface area contributed by atoms with Crippen molar-refractivity contribution in [1.82, 2.24) is 14.8 Å². The van der Waals surface area contributed by atoms with Crippen LogP contribution in [-0.2, 0) is 6.42 Å². The van der Waals surface area contributed by atoms with Crippen molar-refractivity contribution in [2.45, 2.75) is 30.5 Å². The summed E-state index contributed by atoms with van der Waals surface area (Å²) in [6.07, 6.45) is 5.41. The quantitative estimate of drug-likeness (QED) is 0.797. The van der Waals surface area contributed by atoms with E-state index >= 15 is 0 Å². The normalized spacial score (nSPS) is 15.3. The third-order valence-corrected chi connectivity index (χ3v) is 2.84. The number of hydrogen-bond donors (Lipinski definition) is 1. The topological polar surface area (TPSA) is 56.7 Å². The van der Waals surface area contributed by atoms with Gasteiger partial charge in [0.1, 0.15) is 5.82 Å². The van der Waals surface area contributed by atoms with Gasteiger partial charge in [-0.25, -0.2) is 0 Å². The first-order chi connectivity index (χ1) is 6.36. The van der Waals surface area contributed by atoms with Crippen LogP contribution in [0.15, 0.2) is 5.16 Å². The molecule has 1 aliphatic rings. The molecule has 0 radical (unpaired) electrons. The molecule has 0 amide bonds. The molecule has 0 aromatic carbocycles. The lowest BCUT2D eigenvalue weighted by molar-refractivity contribution is 0.624. The van der Waals surface area contributed by atoms with E-state index in [-0.39, 0.29) is 12.4 Å². The van der Waals surface area contributed by atoms with E-state index in [4.69, 9.17) is 5.73 Å². The lowest BCUT2D eigenvalue weighted by Gasteiger charge is -2.05. The monoisotopic (exact) mass is 234 g/mol. The Labute approximate surface area is 94.1 Å². The number of rotatable bonds is 4. The molecular weight excluding hydrogens is 220 g/mol. The van der Waals surface area contributed by atoms with Gasteiger partial charge in [-0.1, -0.05) is 11.8 Å². The Morgan fingerprint density at radius 3 is 2.71 bits per heavy atom. The van der Waals surface area contributed by atoms with Crippen LogP contribution in [-0.4, -0.2) is 27.6 Å². The summed E-state index contributed by atoms with van der Waals surface area (Å²) in [5, 5.41) is 9.32. The molecule has 1 aliphatic carbocycles. The van der Waals surface area contributed by atoms with Gasteiger partial charge in [-0.15, -0.1) is 22.6 Å². The van der Waals surface area contributed by atoms with Crippen molar-refractivity contribution in [2.24, 2.45) is 5.73 Å². The maximum Gasteiger partial charge on any atom is 0.191 e. The van der Waals surface area contributed by atoms with E-state index in [1.165, 1.54) is 12.8 Å². The molecule has 1 fully saturated rings. The molecule has 2 N–H and O–H groups in total. The van der Waals surface area contributed by atoms with E-state index < -0.39 is 0 Å². The summed E-state index contributed by atoms with van der Waals surface area (Å²) in [6, 6.07) is 0.652. The van der Waals surface area contributed by atoms with E-state index in [0.29, 0.717) is 12.6 Å². The summed E-state index contributed by atoms with van der Waals surface area (Å²) >= 11 is 1.66. The van der Waals surface area contributed by atoms with E-state index in [9.17, 15) is 0 Å². The van der Waals surface area contributed by atoms with Crippen molar-refractivity contribution in [3.63, 3.8) is 0 Å². The minimum absolute atomic E-state index is 0. The van der Waals surface area contributed by atoms with Gasteiger partial charge in [0.15, 0.2) is 5.16 Å². The second-order valence-corrected chi connectivity index (χ2v) is 4.02. The fourth-order valence-corrected chi connectivity index (χ4v) is 2.02. The standard InChI is InChI=1S/C8H14N4S.ClH/c1-13-8-11-10-7(4-5-9)12(8)6-2-3-6;/h6H,2-5,9H2,1H3;1H. The Kier molecular flexibility index (Phi) is 4.22. The van der Waals surface area contributed by atoms with Crippen molar-refractivity contribution in [3.8, 4) is 0 Å². The summed E-state index contributed by atoms with van der Waals surface area (Å²) in [6.45, 7) is 0.652. The molecule has 2 rings (SSSR count). The number of nitrogens with two attached hydrogens (primary N) is 1. The van der Waals surface area contributed by atoms with Crippen LogP contribution >= 0.6 is 24.2 Å². The van der Waals surface area contributed by atoms with E-state index in [1.54, 1.807) is 11.8 Å². The average Bonchev–Trinajstić information content (AvgIpc) is 2.89. The molecule has 0 unspecified atom stereocenters. The van der Waals surface area contributed by atoms with Crippen molar-refractivity contribution >= 4 is 24.2 Å². The van der Waals surface area contributed by atoms with Crippen LogP contribution in [0.4, 0.5) is 0 Å². The van der Waals surface area contributed by atoms with Gasteiger partial charge in [0.2, 0.25) is 0 Å². The molecule has 0 spiro atoms. The van der Waals surface area contributed by atoms with Crippen LogP contribution in [0.5, 0.6) is 0 Å². The van der Waals surface area contributed by atoms with Crippen molar-refractivity contribution in [3.05, 3.63) is 5.82 Å². The molecule has 6 heteroatoms. The van der Waals surface area contributed by atoms with Gasteiger partial charge in [-0.3, -0.25) is 0 Å². The van der Waals surface area contributed by atoms with Crippen molar-refractivity contribution in [2.75, 3.05) is 12.8 Å². The Morgan fingerprint density at radius 1 is 1.50 bits per heavy atom. The number of hydrogen-bond acceptors (Lipinski definition) is 4. The van der Waals surface area contributed by atoms with Crippen LogP contribution in [0.2, 0.25) is 0 Å². The summed E-state index contributed by atoms with van der Waals surface area (Å²) in [7, 11) is 0. The fourth-order valence-electron chi connectivity index (χ4n) is 1.45. The minimum Gasteiger partial charge on any atom is -0.330 e. The zero-order valence-electron chi connectivity index (χ0n) is 8.14.